The lowest BCUT2D eigenvalue weighted by atomic mass is 10.00. The molecule has 0 bridgehead atoms. The molecule has 2 atom stereocenters. The van der Waals surface area contributed by atoms with E-state index >= 15 is 0 Å². The molecule has 0 amide bonds. The van der Waals surface area contributed by atoms with Gasteiger partial charge in [-0.05, 0) is 31.0 Å². The van der Waals surface area contributed by atoms with Crippen molar-refractivity contribution in [3.05, 3.63) is 30.3 Å². The summed E-state index contributed by atoms with van der Waals surface area (Å²) < 4.78 is 5.83. The summed E-state index contributed by atoms with van der Waals surface area (Å²) in [6.45, 7) is 8.51. The van der Waals surface area contributed by atoms with E-state index in [0.717, 1.165) is 25.3 Å². The van der Waals surface area contributed by atoms with E-state index in [4.69, 9.17) is 4.74 Å². The Morgan fingerprint density at radius 3 is 2.47 bits per heavy atom. The standard InChI is InChI=1S/C15H25NO/c1-4-11-16-15(13(3)5-2)12-17-14-9-7-6-8-10-14/h6-10,13,15-16H,4-5,11-12H2,1-3H3. The SMILES string of the molecule is CCCNC(COc1ccccc1)C(C)CC. The third-order valence-corrected chi connectivity index (χ3v) is 3.16. The average molecular weight is 235 g/mol. The summed E-state index contributed by atoms with van der Waals surface area (Å²) in [5.74, 6) is 1.60. The number of para-hydroxylation sites is 1. The molecular weight excluding hydrogens is 210 g/mol. The summed E-state index contributed by atoms with van der Waals surface area (Å²) >= 11 is 0. The first kappa shape index (κ1) is 14.0. The van der Waals surface area contributed by atoms with Gasteiger partial charge in [-0.3, -0.25) is 0 Å². The van der Waals surface area contributed by atoms with Crippen LogP contribution in [0.3, 0.4) is 0 Å². The monoisotopic (exact) mass is 235 g/mol. The van der Waals surface area contributed by atoms with E-state index in [1.165, 1.54) is 6.42 Å². The Morgan fingerprint density at radius 2 is 1.88 bits per heavy atom. The fraction of sp³-hybridized carbons (Fsp3) is 0.600. The van der Waals surface area contributed by atoms with Crippen molar-refractivity contribution in [1.29, 1.82) is 0 Å². The molecule has 1 rings (SSSR count). The van der Waals surface area contributed by atoms with Crippen molar-refractivity contribution >= 4 is 0 Å². The Kier molecular flexibility index (Phi) is 6.71. The minimum absolute atomic E-state index is 0.445. The smallest absolute Gasteiger partial charge is 0.119 e. The van der Waals surface area contributed by atoms with Crippen molar-refractivity contribution in [3.63, 3.8) is 0 Å². The molecule has 0 aliphatic rings. The molecule has 96 valence electrons. The second-order valence-electron chi connectivity index (χ2n) is 4.57. The number of rotatable bonds is 8. The van der Waals surface area contributed by atoms with Crippen LogP contribution in [0.15, 0.2) is 30.3 Å². The fourth-order valence-electron chi connectivity index (χ4n) is 1.74. The van der Waals surface area contributed by atoms with Gasteiger partial charge < -0.3 is 10.1 Å². The lowest BCUT2D eigenvalue weighted by molar-refractivity contribution is 0.220. The summed E-state index contributed by atoms with van der Waals surface area (Å²) in [4.78, 5) is 0. The fourth-order valence-corrected chi connectivity index (χ4v) is 1.74. The Bertz CT molecular complexity index is 286. The Morgan fingerprint density at radius 1 is 1.18 bits per heavy atom. The molecule has 17 heavy (non-hydrogen) atoms. The van der Waals surface area contributed by atoms with Crippen LogP contribution in [0.1, 0.15) is 33.6 Å². The van der Waals surface area contributed by atoms with Crippen LogP contribution in [-0.4, -0.2) is 19.2 Å². The summed E-state index contributed by atoms with van der Waals surface area (Å²) in [6.07, 6.45) is 2.35. The Balaban J connectivity index is 2.43. The number of hydrogen-bond donors (Lipinski definition) is 1. The highest BCUT2D eigenvalue weighted by Gasteiger charge is 2.15. The quantitative estimate of drug-likeness (QED) is 0.745. The maximum absolute atomic E-state index is 5.83. The summed E-state index contributed by atoms with van der Waals surface area (Å²) in [5.41, 5.74) is 0. The molecule has 2 heteroatoms. The second-order valence-corrected chi connectivity index (χ2v) is 4.57. The van der Waals surface area contributed by atoms with Crippen LogP contribution in [0.5, 0.6) is 5.75 Å². The van der Waals surface area contributed by atoms with E-state index in [1.807, 2.05) is 30.3 Å². The number of benzene rings is 1. The van der Waals surface area contributed by atoms with Crippen LogP contribution in [0.2, 0.25) is 0 Å². The minimum atomic E-state index is 0.445. The number of nitrogens with one attached hydrogen (secondary N) is 1. The van der Waals surface area contributed by atoms with Crippen LogP contribution >= 0.6 is 0 Å². The summed E-state index contributed by atoms with van der Waals surface area (Å²) in [7, 11) is 0. The van der Waals surface area contributed by atoms with Crippen LogP contribution in [0.4, 0.5) is 0 Å². The van der Waals surface area contributed by atoms with Crippen molar-refractivity contribution < 1.29 is 4.74 Å². The molecular formula is C15H25NO. The van der Waals surface area contributed by atoms with Gasteiger partial charge in [-0.1, -0.05) is 45.4 Å². The second kappa shape index (κ2) is 8.13. The van der Waals surface area contributed by atoms with Crippen LogP contribution in [0, 0.1) is 5.92 Å². The normalized spacial score (nSPS) is 14.3. The van der Waals surface area contributed by atoms with E-state index in [9.17, 15) is 0 Å². The van der Waals surface area contributed by atoms with E-state index in [-0.39, 0.29) is 0 Å². The first-order chi connectivity index (χ1) is 8.27. The molecule has 2 nitrogen and oxygen atoms in total. The third kappa shape index (κ3) is 5.22. The van der Waals surface area contributed by atoms with E-state index in [0.29, 0.717) is 12.0 Å². The molecule has 1 N–H and O–H groups in total. The largest absolute Gasteiger partial charge is 0.492 e. The molecule has 0 saturated heterocycles. The van der Waals surface area contributed by atoms with E-state index in [2.05, 4.69) is 26.1 Å². The van der Waals surface area contributed by atoms with E-state index in [1.54, 1.807) is 0 Å². The molecule has 0 aliphatic heterocycles. The van der Waals surface area contributed by atoms with Gasteiger partial charge in [0.2, 0.25) is 0 Å². The van der Waals surface area contributed by atoms with E-state index < -0.39 is 0 Å². The van der Waals surface area contributed by atoms with Gasteiger partial charge in [0.05, 0.1) is 0 Å². The Labute approximate surface area is 105 Å². The first-order valence-corrected chi connectivity index (χ1v) is 6.69. The van der Waals surface area contributed by atoms with Gasteiger partial charge in [0, 0.05) is 6.04 Å². The predicted molar refractivity (Wildman–Crippen MR) is 73.5 cm³/mol. The highest BCUT2D eigenvalue weighted by Crippen LogP contribution is 2.12. The maximum atomic E-state index is 5.83. The topological polar surface area (TPSA) is 21.3 Å². The molecule has 0 aromatic heterocycles. The third-order valence-electron chi connectivity index (χ3n) is 3.16. The van der Waals surface area contributed by atoms with Crippen molar-refractivity contribution in [3.8, 4) is 5.75 Å². The maximum Gasteiger partial charge on any atom is 0.119 e. The minimum Gasteiger partial charge on any atom is -0.492 e. The number of hydrogen-bond acceptors (Lipinski definition) is 2. The lowest BCUT2D eigenvalue weighted by Gasteiger charge is -2.24. The average Bonchev–Trinajstić information content (AvgIpc) is 2.39. The van der Waals surface area contributed by atoms with Gasteiger partial charge in [-0.2, -0.15) is 0 Å². The lowest BCUT2D eigenvalue weighted by Crippen LogP contribution is -2.40. The Hall–Kier alpha value is -1.02. The van der Waals surface area contributed by atoms with Gasteiger partial charge in [0.15, 0.2) is 0 Å². The van der Waals surface area contributed by atoms with Gasteiger partial charge in [-0.15, -0.1) is 0 Å². The predicted octanol–water partition coefficient (Wildman–Crippen LogP) is 3.48. The molecule has 0 fully saturated rings. The molecule has 0 heterocycles. The zero-order valence-corrected chi connectivity index (χ0v) is 11.3. The van der Waals surface area contributed by atoms with Crippen molar-refractivity contribution in [1.82, 2.24) is 5.32 Å². The summed E-state index contributed by atoms with van der Waals surface area (Å²) in [5, 5.41) is 3.57. The molecule has 0 saturated carbocycles. The van der Waals surface area contributed by atoms with Crippen LogP contribution < -0.4 is 10.1 Å². The van der Waals surface area contributed by atoms with Crippen LogP contribution in [-0.2, 0) is 0 Å². The van der Waals surface area contributed by atoms with Crippen molar-refractivity contribution in [2.75, 3.05) is 13.2 Å². The molecule has 2 unspecified atom stereocenters. The molecule has 0 radical (unpaired) electrons. The molecule has 0 aliphatic carbocycles. The van der Waals surface area contributed by atoms with Crippen LogP contribution in [0.25, 0.3) is 0 Å². The summed E-state index contributed by atoms with van der Waals surface area (Å²) in [6, 6.07) is 10.5. The highest BCUT2D eigenvalue weighted by atomic mass is 16.5. The van der Waals surface area contributed by atoms with Gasteiger partial charge in [0.25, 0.3) is 0 Å². The van der Waals surface area contributed by atoms with Crippen molar-refractivity contribution in [2.24, 2.45) is 5.92 Å². The zero-order chi connectivity index (χ0) is 12.5. The highest BCUT2D eigenvalue weighted by molar-refractivity contribution is 5.20. The molecule has 1 aromatic carbocycles. The molecule has 0 spiro atoms. The van der Waals surface area contributed by atoms with Gasteiger partial charge in [0.1, 0.15) is 12.4 Å². The van der Waals surface area contributed by atoms with Gasteiger partial charge >= 0.3 is 0 Å². The molecule has 1 aromatic rings. The van der Waals surface area contributed by atoms with Gasteiger partial charge in [-0.25, -0.2) is 0 Å². The zero-order valence-electron chi connectivity index (χ0n) is 11.3. The first-order valence-electron chi connectivity index (χ1n) is 6.69. The van der Waals surface area contributed by atoms with Crippen molar-refractivity contribution in [2.45, 2.75) is 39.7 Å². The number of ether oxygens (including phenoxy) is 1.